The summed E-state index contributed by atoms with van der Waals surface area (Å²) in [7, 11) is 0. The highest BCUT2D eigenvalue weighted by Gasteiger charge is 2.23. The van der Waals surface area contributed by atoms with Crippen molar-refractivity contribution in [2.45, 2.75) is 25.7 Å². The van der Waals surface area contributed by atoms with Crippen LogP contribution in [0.2, 0.25) is 5.02 Å². The number of hydrogen-bond donors (Lipinski definition) is 2. The van der Waals surface area contributed by atoms with Crippen LogP contribution in [0.5, 0.6) is 0 Å². The monoisotopic (exact) mass is 360 g/mol. The highest BCUT2D eigenvalue weighted by atomic mass is 35.5. The molecule has 0 spiro atoms. The van der Waals surface area contributed by atoms with E-state index in [2.05, 4.69) is 10.6 Å². The molecule has 1 fully saturated rings. The Kier molecular flexibility index (Phi) is 5.34. The molecule has 0 saturated heterocycles. The molecule has 0 aliphatic heterocycles. The van der Waals surface area contributed by atoms with E-state index in [0.717, 1.165) is 25.7 Å². The SMILES string of the molecule is O=C(Nc1ccc(F)cc1)c1ccc(Cl)c(NC(=O)C2CCCC2)c1. The van der Waals surface area contributed by atoms with Gasteiger partial charge < -0.3 is 10.6 Å². The Morgan fingerprint density at radius 2 is 1.68 bits per heavy atom. The first-order valence-electron chi connectivity index (χ1n) is 8.20. The van der Waals surface area contributed by atoms with Crippen LogP contribution in [0.25, 0.3) is 0 Å². The second kappa shape index (κ2) is 7.66. The van der Waals surface area contributed by atoms with E-state index in [-0.39, 0.29) is 23.5 Å². The Labute approximate surface area is 150 Å². The van der Waals surface area contributed by atoms with Crippen molar-refractivity contribution in [3.05, 3.63) is 58.9 Å². The number of nitrogens with one attached hydrogen (secondary N) is 2. The molecule has 0 unspecified atom stereocenters. The van der Waals surface area contributed by atoms with Gasteiger partial charge in [-0.3, -0.25) is 9.59 Å². The molecule has 3 rings (SSSR count). The van der Waals surface area contributed by atoms with Crippen molar-refractivity contribution in [2.24, 2.45) is 5.92 Å². The summed E-state index contributed by atoms with van der Waals surface area (Å²) in [6.45, 7) is 0. The smallest absolute Gasteiger partial charge is 0.255 e. The molecule has 1 aliphatic rings. The van der Waals surface area contributed by atoms with Gasteiger partial charge in [0.25, 0.3) is 5.91 Å². The summed E-state index contributed by atoms with van der Waals surface area (Å²) in [5, 5.41) is 5.88. The van der Waals surface area contributed by atoms with Crippen molar-refractivity contribution in [3.63, 3.8) is 0 Å². The molecule has 2 N–H and O–H groups in total. The minimum absolute atomic E-state index is 0.00719. The number of benzene rings is 2. The number of hydrogen-bond acceptors (Lipinski definition) is 2. The molecule has 0 bridgehead atoms. The third kappa shape index (κ3) is 4.37. The minimum atomic E-state index is -0.374. The molecule has 2 aromatic carbocycles. The van der Waals surface area contributed by atoms with Crippen molar-refractivity contribution in [2.75, 3.05) is 10.6 Å². The fraction of sp³-hybridized carbons (Fsp3) is 0.263. The first-order chi connectivity index (χ1) is 12.0. The number of amides is 2. The van der Waals surface area contributed by atoms with Gasteiger partial charge in [-0.2, -0.15) is 0 Å². The van der Waals surface area contributed by atoms with Crippen molar-refractivity contribution < 1.29 is 14.0 Å². The van der Waals surface area contributed by atoms with Crippen LogP contribution in [0, 0.1) is 11.7 Å². The summed E-state index contributed by atoms with van der Waals surface area (Å²) in [6.07, 6.45) is 3.89. The number of carbonyl (C=O) groups excluding carboxylic acids is 2. The number of halogens is 2. The molecular weight excluding hydrogens is 343 g/mol. The maximum atomic E-state index is 12.9. The van der Waals surface area contributed by atoms with E-state index < -0.39 is 0 Å². The summed E-state index contributed by atoms with van der Waals surface area (Å²) in [5.74, 6) is -0.788. The summed E-state index contributed by atoms with van der Waals surface area (Å²) >= 11 is 6.14. The van der Waals surface area contributed by atoms with E-state index in [1.807, 2.05) is 0 Å². The van der Waals surface area contributed by atoms with Crippen LogP contribution in [-0.4, -0.2) is 11.8 Å². The Balaban J connectivity index is 1.72. The molecule has 0 aromatic heterocycles. The quantitative estimate of drug-likeness (QED) is 0.818. The fourth-order valence-corrected chi connectivity index (χ4v) is 3.09. The van der Waals surface area contributed by atoms with Crippen molar-refractivity contribution in [1.29, 1.82) is 0 Å². The Hall–Kier alpha value is -2.40. The molecular formula is C19H18ClFN2O2. The number of rotatable bonds is 4. The maximum Gasteiger partial charge on any atom is 0.255 e. The van der Waals surface area contributed by atoms with Crippen molar-refractivity contribution in [1.82, 2.24) is 0 Å². The zero-order chi connectivity index (χ0) is 17.8. The average molecular weight is 361 g/mol. The van der Waals surface area contributed by atoms with E-state index in [4.69, 9.17) is 11.6 Å². The highest BCUT2D eigenvalue weighted by molar-refractivity contribution is 6.34. The third-order valence-corrected chi connectivity index (χ3v) is 4.64. The Morgan fingerprint density at radius 1 is 1.00 bits per heavy atom. The Morgan fingerprint density at radius 3 is 2.36 bits per heavy atom. The van der Waals surface area contributed by atoms with Gasteiger partial charge in [0.1, 0.15) is 5.82 Å². The maximum absolute atomic E-state index is 12.9. The van der Waals surface area contributed by atoms with Crippen LogP contribution in [0.15, 0.2) is 42.5 Å². The Bertz CT molecular complexity index is 787. The molecule has 4 nitrogen and oxygen atoms in total. The largest absolute Gasteiger partial charge is 0.325 e. The van der Waals surface area contributed by atoms with Crippen LogP contribution in [0.4, 0.5) is 15.8 Å². The zero-order valence-electron chi connectivity index (χ0n) is 13.5. The third-order valence-electron chi connectivity index (χ3n) is 4.31. The molecule has 130 valence electrons. The van der Waals surface area contributed by atoms with Gasteiger partial charge >= 0.3 is 0 Å². The van der Waals surface area contributed by atoms with Gasteiger partial charge in [-0.05, 0) is 55.3 Å². The van der Waals surface area contributed by atoms with Crippen molar-refractivity contribution >= 4 is 34.8 Å². The van der Waals surface area contributed by atoms with E-state index in [9.17, 15) is 14.0 Å². The lowest BCUT2D eigenvalue weighted by Gasteiger charge is -2.13. The standard InChI is InChI=1S/C19H18ClFN2O2/c20-16-10-5-13(19(25)22-15-8-6-14(21)7-9-15)11-17(16)23-18(24)12-3-1-2-4-12/h5-12H,1-4H2,(H,22,25)(H,23,24). The van der Waals surface area contributed by atoms with E-state index >= 15 is 0 Å². The molecule has 6 heteroatoms. The second-order valence-electron chi connectivity index (χ2n) is 6.13. The number of carbonyl (C=O) groups is 2. The van der Waals surface area contributed by atoms with Gasteiger partial charge in [-0.15, -0.1) is 0 Å². The van der Waals surface area contributed by atoms with Gasteiger partial charge in [-0.1, -0.05) is 24.4 Å². The molecule has 0 radical (unpaired) electrons. The van der Waals surface area contributed by atoms with Gasteiger partial charge in [-0.25, -0.2) is 4.39 Å². The molecule has 25 heavy (non-hydrogen) atoms. The summed E-state index contributed by atoms with van der Waals surface area (Å²) in [6, 6.07) is 10.2. The summed E-state index contributed by atoms with van der Waals surface area (Å²) in [5.41, 5.74) is 1.26. The molecule has 2 aromatic rings. The molecule has 1 aliphatic carbocycles. The van der Waals surface area contributed by atoms with Crippen LogP contribution in [0.3, 0.4) is 0 Å². The molecule has 1 saturated carbocycles. The lowest BCUT2D eigenvalue weighted by Crippen LogP contribution is -2.21. The minimum Gasteiger partial charge on any atom is -0.325 e. The fourth-order valence-electron chi connectivity index (χ4n) is 2.92. The van der Waals surface area contributed by atoms with Crippen LogP contribution < -0.4 is 10.6 Å². The van der Waals surface area contributed by atoms with Crippen LogP contribution >= 0.6 is 11.6 Å². The van der Waals surface area contributed by atoms with E-state index in [0.29, 0.717) is 22.0 Å². The van der Waals surface area contributed by atoms with Gasteiger partial charge in [0.2, 0.25) is 5.91 Å². The predicted molar refractivity (Wildman–Crippen MR) is 96.4 cm³/mol. The predicted octanol–water partition coefficient (Wildman–Crippen LogP) is 4.86. The number of anilines is 2. The molecule has 0 heterocycles. The first-order valence-corrected chi connectivity index (χ1v) is 8.58. The second-order valence-corrected chi connectivity index (χ2v) is 6.53. The summed E-state index contributed by atoms with van der Waals surface area (Å²) < 4.78 is 12.9. The normalized spacial score (nSPS) is 14.3. The van der Waals surface area contributed by atoms with Crippen LogP contribution in [0.1, 0.15) is 36.0 Å². The lowest BCUT2D eigenvalue weighted by atomic mass is 10.1. The summed E-state index contributed by atoms with van der Waals surface area (Å²) in [4.78, 5) is 24.6. The lowest BCUT2D eigenvalue weighted by molar-refractivity contribution is -0.119. The van der Waals surface area contributed by atoms with Gasteiger partial charge in [0.05, 0.1) is 10.7 Å². The molecule has 2 amide bonds. The van der Waals surface area contributed by atoms with Crippen molar-refractivity contribution in [3.8, 4) is 0 Å². The molecule has 0 atom stereocenters. The highest BCUT2D eigenvalue weighted by Crippen LogP contribution is 2.29. The zero-order valence-corrected chi connectivity index (χ0v) is 14.3. The average Bonchev–Trinajstić information content (AvgIpc) is 3.13. The van der Waals surface area contributed by atoms with E-state index in [1.165, 1.54) is 24.3 Å². The topological polar surface area (TPSA) is 58.2 Å². The first kappa shape index (κ1) is 17.4. The van der Waals surface area contributed by atoms with Gasteiger partial charge in [0, 0.05) is 17.2 Å². The van der Waals surface area contributed by atoms with Gasteiger partial charge in [0.15, 0.2) is 0 Å². The van der Waals surface area contributed by atoms with E-state index in [1.54, 1.807) is 18.2 Å². The van der Waals surface area contributed by atoms with Crippen LogP contribution in [-0.2, 0) is 4.79 Å².